The lowest BCUT2D eigenvalue weighted by Gasteiger charge is -2.38. The van der Waals surface area contributed by atoms with Gasteiger partial charge in [0, 0.05) is 50.3 Å². The van der Waals surface area contributed by atoms with Gasteiger partial charge in [-0.05, 0) is 131 Å². The number of rotatable bonds is 6. The van der Waals surface area contributed by atoms with Crippen molar-refractivity contribution in [1.82, 2.24) is 19.6 Å². The molecule has 230 valence electrons. The number of hydrogen-bond acceptors (Lipinski definition) is 4. The maximum absolute atomic E-state index is 2.60. The van der Waals surface area contributed by atoms with Crippen LogP contribution in [0, 0.1) is 23.7 Å². The Morgan fingerprint density at radius 2 is 0.526 bits per heavy atom. The molecular weight excluding hydrogens is 464 g/mol. The van der Waals surface area contributed by atoms with Crippen molar-refractivity contribution in [2.45, 2.75) is 147 Å². The summed E-state index contributed by atoms with van der Waals surface area (Å²) in [5.41, 5.74) is 0. The highest BCUT2D eigenvalue weighted by Crippen LogP contribution is 2.26. The van der Waals surface area contributed by atoms with Crippen LogP contribution in [0.4, 0.5) is 0 Å². The molecule has 3 rings (SSSR count). The first-order chi connectivity index (χ1) is 17.8. The summed E-state index contributed by atoms with van der Waals surface area (Å²) in [6, 6.07) is 2.94. The molecule has 3 aliphatic heterocycles. The Morgan fingerprint density at radius 3 is 0.684 bits per heavy atom. The van der Waals surface area contributed by atoms with E-state index < -0.39 is 0 Å². The zero-order valence-corrected chi connectivity index (χ0v) is 28.9. The second-order valence-electron chi connectivity index (χ2n) is 13.7. The molecule has 3 fully saturated rings. The molecule has 38 heavy (non-hydrogen) atoms. The van der Waals surface area contributed by atoms with E-state index in [1.165, 1.54) is 78.0 Å². The largest absolute Gasteiger partial charge is 0.301 e. The van der Waals surface area contributed by atoms with E-state index in [-0.39, 0.29) is 0 Å². The molecule has 0 amide bonds. The Bertz CT molecular complexity index is 395. The van der Waals surface area contributed by atoms with Crippen LogP contribution in [-0.2, 0) is 0 Å². The number of nitrogens with zero attached hydrogens (tertiary/aromatic N) is 4. The molecule has 3 heterocycles. The summed E-state index contributed by atoms with van der Waals surface area (Å²) < 4.78 is 0. The van der Waals surface area contributed by atoms with E-state index in [2.05, 4.69) is 103 Å². The summed E-state index contributed by atoms with van der Waals surface area (Å²) >= 11 is 0. The summed E-state index contributed by atoms with van der Waals surface area (Å²) in [6.07, 6.45) is 5.65. The number of hydrogen-bond donors (Lipinski definition) is 0. The topological polar surface area (TPSA) is 13.0 Å². The Labute approximate surface area is 242 Å². The minimum Gasteiger partial charge on any atom is -0.301 e. The summed E-state index contributed by atoms with van der Waals surface area (Å²) in [7, 11) is 0. The summed E-state index contributed by atoms with van der Waals surface area (Å²) in [4.78, 5) is 10.3. The second-order valence-corrected chi connectivity index (χ2v) is 13.7. The van der Waals surface area contributed by atoms with Gasteiger partial charge < -0.3 is 9.80 Å². The molecule has 3 aliphatic rings. The van der Waals surface area contributed by atoms with Gasteiger partial charge in [-0.25, -0.2) is 0 Å². The fraction of sp³-hybridized carbons (Fsp3) is 1.00. The van der Waals surface area contributed by atoms with Crippen molar-refractivity contribution < 1.29 is 0 Å². The molecule has 0 saturated carbocycles. The Kier molecular flexibility index (Phi) is 20.6. The van der Waals surface area contributed by atoms with E-state index in [1.807, 2.05) is 13.8 Å². The van der Waals surface area contributed by atoms with Crippen LogP contribution in [0.25, 0.3) is 0 Å². The monoisotopic (exact) mass is 539 g/mol. The predicted molar refractivity (Wildman–Crippen MR) is 173 cm³/mol. The first-order valence-electron chi connectivity index (χ1n) is 16.8. The van der Waals surface area contributed by atoms with Crippen LogP contribution in [0.15, 0.2) is 0 Å². The number of piperidine rings is 2. The van der Waals surface area contributed by atoms with Crippen molar-refractivity contribution in [3.05, 3.63) is 0 Å². The maximum Gasteiger partial charge on any atom is 0.0113 e. The molecule has 0 aliphatic carbocycles. The lowest BCUT2D eigenvalue weighted by atomic mass is 9.86. The average molecular weight is 539 g/mol. The van der Waals surface area contributed by atoms with Crippen LogP contribution in [0.3, 0.4) is 0 Å². The molecule has 0 atom stereocenters. The molecular formula is C34H74N4. The lowest BCUT2D eigenvalue weighted by molar-refractivity contribution is 0.0887. The molecule has 4 nitrogen and oxygen atoms in total. The van der Waals surface area contributed by atoms with Gasteiger partial charge in [0.25, 0.3) is 0 Å². The molecule has 0 unspecified atom stereocenters. The predicted octanol–water partition coefficient (Wildman–Crippen LogP) is 7.97. The van der Waals surface area contributed by atoms with Crippen LogP contribution in [-0.4, -0.2) is 96.1 Å². The number of piperazine rings is 1. The van der Waals surface area contributed by atoms with Gasteiger partial charge >= 0.3 is 0 Å². The van der Waals surface area contributed by atoms with Crippen molar-refractivity contribution in [1.29, 1.82) is 0 Å². The van der Waals surface area contributed by atoms with Gasteiger partial charge in [0.15, 0.2) is 0 Å². The maximum atomic E-state index is 2.60. The first kappa shape index (κ1) is 37.8. The molecule has 0 radical (unpaired) electrons. The molecule has 3 saturated heterocycles. The standard InChI is InChI=1S/2C11H23N.C10H22N2.C2H6/c3*1-9(2)11-5-7-12(8-6-11)10(3)4;1-2/h2*9-11H,5-8H2,1-4H3;9-10H,5-8H2,1-4H3;1-2H3. The van der Waals surface area contributed by atoms with Gasteiger partial charge in [0.1, 0.15) is 0 Å². The normalized spacial score (nSPS) is 21.5. The van der Waals surface area contributed by atoms with Crippen LogP contribution >= 0.6 is 0 Å². The molecule has 0 aromatic rings. The molecule has 0 bridgehead atoms. The van der Waals surface area contributed by atoms with Gasteiger partial charge in [-0.3, -0.25) is 9.80 Å². The van der Waals surface area contributed by atoms with Crippen LogP contribution in [0.5, 0.6) is 0 Å². The van der Waals surface area contributed by atoms with E-state index in [9.17, 15) is 0 Å². The fourth-order valence-corrected chi connectivity index (χ4v) is 5.98. The quantitative estimate of drug-likeness (QED) is 0.340. The van der Waals surface area contributed by atoms with Crippen LogP contribution in [0.1, 0.15) is 123 Å². The highest BCUT2D eigenvalue weighted by molar-refractivity contribution is 4.77. The molecule has 0 spiro atoms. The smallest absolute Gasteiger partial charge is 0.0113 e. The molecule has 4 heteroatoms. The third kappa shape index (κ3) is 15.0. The third-order valence-corrected chi connectivity index (χ3v) is 9.30. The zero-order valence-electron chi connectivity index (χ0n) is 28.9. The van der Waals surface area contributed by atoms with Crippen molar-refractivity contribution in [3.8, 4) is 0 Å². The fourth-order valence-electron chi connectivity index (χ4n) is 5.98. The Morgan fingerprint density at radius 1 is 0.342 bits per heavy atom. The zero-order chi connectivity index (χ0) is 29.4. The number of likely N-dealkylation sites (tertiary alicyclic amines) is 2. The second kappa shape index (κ2) is 20.7. The van der Waals surface area contributed by atoms with Gasteiger partial charge in [-0.2, -0.15) is 0 Å². The molecule has 0 N–H and O–H groups in total. The SMILES string of the molecule is CC.CC(C)C1CCN(C(C)C)CC1.CC(C)C1CCN(C(C)C)CC1.CC(C)N1CCN(C(C)C)CC1. The minimum atomic E-state index is 0.722. The highest BCUT2D eigenvalue weighted by Gasteiger charge is 2.23. The Balaban J connectivity index is 0.000000523. The van der Waals surface area contributed by atoms with Crippen LogP contribution < -0.4 is 0 Å². The van der Waals surface area contributed by atoms with Crippen molar-refractivity contribution in [2.75, 3.05) is 52.4 Å². The molecule has 0 aromatic heterocycles. The Hall–Kier alpha value is -0.160. The summed E-state index contributed by atoms with van der Waals surface area (Å²) in [6.45, 7) is 42.0. The van der Waals surface area contributed by atoms with Crippen molar-refractivity contribution in [3.63, 3.8) is 0 Å². The molecule has 0 aromatic carbocycles. The van der Waals surface area contributed by atoms with Crippen molar-refractivity contribution >= 4 is 0 Å². The van der Waals surface area contributed by atoms with Gasteiger partial charge in [-0.15, -0.1) is 0 Å². The first-order valence-corrected chi connectivity index (χ1v) is 16.8. The van der Waals surface area contributed by atoms with Crippen LogP contribution in [0.2, 0.25) is 0 Å². The summed E-state index contributed by atoms with van der Waals surface area (Å²) in [5, 5.41) is 0. The van der Waals surface area contributed by atoms with Crippen molar-refractivity contribution in [2.24, 2.45) is 23.7 Å². The van der Waals surface area contributed by atoms with E-state index in [1.54, 1.807) is 0 Å². The lowest BCUT2D eigenvalue weighted by Crippen LogP contribution is -2.50. The highest BCUT2D eigenvalue weighted by atomic mass is 15.3. The summed E-state index contributed by atoms with van der Waals surface area (Å²) in [5.74, 6) is 3.75. The average Bonchev–Trinajstić information content (AvgIpc) is 2.90. The van der Waals surface area contributed by atoms with Gasteiger partial charge in [0.05, 0.1) is 0 Å². The van der Waals surface area contributed by atoms with E-state index in [0.717, 1.165) is 47.8 Å². The van der Waals surface area contributed by atoms with E-state index in [4.69, 9.17) is 0 Å². The van der Waals surface area contributed by atoms with E-state index in [0.29, 0.717) is 0 Å². The third-order valence-electron chi connectivity index (χ3n) is 9.30. The van der Waals surface area contributed by atoms with Gasteiger partial charge in [-0.1, -0.05) is 41.5 Å². The minimum absolute atomic E-state index is 0.722. The van der Waals surface area contributed by atoms with E-state index >= 15 is 0 Å². The van der Waals surface area contributed by atoms with Gasteiger partial charge in [0.2, 0.25) is 0 Å².